The number of carbonyl (C=O) groups excluding carboxylic acids is 1. The summed E-state index contributed by atoms with van der Waals surface area (Å²) in [4.78, 5) is 10.7. The van der Waals surface area contributed by atoms with Crippen molar-refractivity contribution in [1.29, 1.82) is 0 Å². The first kappa shape index (κ1) is 9.54. The SMILES string of the molecule is O=C1OC(Br)C(C(Br)Br)=C1O. The summed E-state index contributed by atoms with van der Waals surface area (Å²) in [5.74, 6) is -1.04. The average Bonchev–Trinajstić information content (AvgIpc) is 2.07. The molecule has 3 nitrogen and oxygen atoms in total. The second-order valence-electron chi connectivity index (χ2n) is 1.83. The third kappa shape index (κ3) is 1.78. The van der Waals surface area contributed by atoms with Crippen LogP contribution < -0.4 is 0 Å². The topological polar surface area (TPSA) is 46.5 Å². The highest BCUT2D eigenvalue weighted by Gasteiger charge is 2.35. The molecule has 1 aliphatic heterocycles. The highest BCUT2D eigenvalue weighted by atomic mass is 79.9. The number of esters is 1. The van der Waals surface area contributed by atoms with Crippen molar-refractivity contribution in [3.63, 3.8) is 0 Å². The Kier molecular flexibility index (Phi) is 2.99. The van der Waals surface area contributed by atoms with Crippen molar-refractivity contribution in [2.45, 2.75) is 8.75 Å². The van der Waals surface area contributed by atoms with Crippen molar-refractivity contribution >= 4 is 53.8 Å². The number of alkyl halides is 3. The van der Waals surface area contributed by atoms with Gasteiger partial charge in [-0.25, -0.2) is 4.79 Å². The second kappa shape index (κ2) is 3.45. The lowest BCUT2D eigenvalue weighted by Gasteiger charge is -2.05. The zero-order chi connectivity index (χ0) is 8.59. The third-order valence-electron chi connectivity index (χ3n) is 1.16. The Morgan fingerprint density at radius 3 is 2.27 bits per heavy atom. The van der Waals surface area contributed by atoms with E-state index >= 15 is 0 Å². The number of halogens is 3. The van der Waals surface area contributed by atoms with Crippen molar-refractivity contribution in [2.24, 2.45) is 0 Å². The summed E-state index contributed by atoms with van der Waals surface area (Å²) in [6, 6.07) is 0. The van der Waals surface area contributed by atoms with Gasteiger partial charge in [0.05, 0.1) is 9.31 Å². The van der Waals surface area contributed by atoms with Crippen LogP contribution in [0.3, 0.4) is 0 Å². The van der Waals surface area contributed by atoms with Gasteiger partial charge < -0.3 is 9.84 Å². The van der Waals surface area contributed by atoms with Crippen LogP contribution in [0.1, 0.15) is 0 Å². The van der Waals surface area contributed by atoms with Crippen LogP contribution in [0.2, 0.25) is 0 Å². The summed E-state index contributed by atoms with van der Waals surface area (Å²) in [6.45, 7) is 0. The Hall–Kier alpha value is 0.450. The van der Waals surface area contributed by atoms with Crippen LogP contribution in [-0.2, 0) is 9.53 Å². The van der Waals surface area contributed by atoms with Gasteiger partial charge in [0.1, 0.15) is 0 Å². The molecule has 0 saturated carbocycles. The summed E-state index contributed by atoms with van der Waals surface area (Å²) >= 11 is 9.36. The Labute approximate surface area is 88.2 Å². The molecule has 0 aromatic rings. The first-order valence-electron chi connectivity index (χ1n) is 2.60. The van der Waals surface area contributed by atoms with E-state index in [0.29, 0.717) is 5.57 Å². The Morgan fingerprint density at radius 1 is 1.55 bits per heavy atom. The molecule has 1 rings (SSSR count). The summed E-state index contributed by atoms with van der Waals surface area (Å²) in [6.07, 6.45) is 0. The summed E-state index contributed by atoms with van der Waals surface area (Å²) in [5.41, 5.74) is 0.454. The zero-order valence-corrected chi connectivity index (χ0v) is 9.81. The molecule has 1 atom stereocenters. The van der Waals surface area contributed by atoms with Gasteiger partial charge >= 0.3 is 5.97 Å². The van der Waals surface area contributed by atoms with E-state index in [1.807, 2.05) is 0 Å². The highest BCUT2D eigenvalue weighted by Crippen LogP contribution is 2.33. The third-order valence-corrected chi connectivity index (χ3v) is 2.82. The standard InChI is InChI=1S/C5H3Br3O3/c6-3(7)1-2(9)5(10)11-4(1)8/h3-4,9H. The predicted molar refractivity (Wildman–Crippen MR) is 50.1 cm³/mol. The Balaban J connectivity index is 2.97. The lowest BCUT2D eigenvalue weighted by atomic mass is 10.3. The van der Waals surface area contributed by atoms with E-state index in [9.17, 15) is 4.79 Å². The summed E-state index contributed by atoms with van der Waals surface area (Å²) < 4.78 is 4.38. The largest absolute Gasteiger partial charge is 0.502 e. The number of aliphatic hydroxyl groups is 1. The average molecular weight is 351 g/mol. The quantitative estimate of drug-likeness (QED) is 0.582. The van der Waals surface area contributed by atoms with Crippen LogP contribution in [0.25, 0.3) is 0 Å². The van der Waals surface area contributed by atoms with E-state index < -0.39 is 11.0 Å². The summed E-state index contributed by atoms with van der Waals surface area (Å²) in [5, 5.41) is 8.57. The van der Waals surface area contributed by atoms with Gasteiger partial charge in [0.15, 0.2) is 5.01 Å². The molecule has 11 heavy (non-hydrogen) atoms. The number of aliphatic hydroxyl groups excluding tert-OH is 1. The van der Waals surface area contributed by atoms with Crippen molar-refractivity contribution in [1.82, 2.24) is 0 Å². The monoisotopic (exact) mass is 348 g/mol. The minimum Gasteiger partial charge on any atom is -0.502 e. The van der Waals surface area contributed by atoms with Crippen LogP contribution in [0.15, 0.2) is 11.3 Å². The second-order valence-corrected chi connectivity index (χ2v) is 5.72. The molecule has 0 fully saturated rings. The lowest BCUT2D eigenvalue weighted by molar-refractivity contribution is -0.139. The first-order chi connectivity index (χ1) is 5.04. The van der Waals surface area contributed by atoms with Crippen molar-refractivity contribution in [3.8, 4) is 0 Å². The van der Waals surface area contributed by atoms with Gasteiger partial charge in [0.2, 0.25) is 5.76 Å². The maximum Gasteiger partial charge on any atom is 0.375 e. The molecular formula is C5H3Br3O3. The molecule has 0 aliphatic carbocycles. The molecule has 0 aromatic heterocycles. The molecule has 1 unspecified atom stereocenters. The van der Waals surface area contributed by atoms with Crippen molar-refractivity contribution < 1.29 is 14.6 Å². The van der Waals surface area contributed by atoms with E-state index in [1.54, 1.807) is 0 Å². The zero-order valence-electron chi connectivity index (χ0n) is 5.05. The molecule has 0 aromatic carbocycles. The molecule has 0 radical (unpaired) electrons. The molecule has 0 bridgehead atoms. The maximum absolute atomic E-state index is 10.7. The molecular weight excluding hydrogens is 348 g/mol. The number of carbonyl (C=O) groups is 1. The van der Waals surface area contributed by atoms with Gasteiger partial charge in [0.25, 0.3) is 0 Å². The van der Waals surface area contributed by atoms with Crippen LogP contribution in [0, 0.1) is 0 Å². The van der Waals surface area contributed by atoms with Crippen LogP contribution in [0.5, 0.6) is 0 Å². The van der Waals surface area contributed by atoms with Crippen molar-refractivity contribution in [2.75, 3.05) is 0 Å². The molecule has 1 N–H and O–H groups in total. The minimum absolute atomic E-state index is 0.258. The fraction of sp³-hybridized carbons (Fsp3) is 0.400. The number of cyclic esters (lactones) is 1. The number of hydrogen-bond acceptors (Lipinski definition) is 3. The van der Waals surface area contributed by atoms with Gasteiger partial charge in [-0.2, -0.15) is 0 Å². The van der Waals surface area contributed by atoms with Crippen LogP contribution >= 0.6 is 47.8 Å². The Bertz CT molecular complexity index is 223. The number of rotatable bonds is 1. The van der Waals surface area contributed by atoms with Crippen LogP contribution in [0.4, 0.5) is 0 Å². The molecule has 0 spiro atoms. The van der Waals surface area contributed by atoms with E-state index in [2.05, 4.69) is 52.5 Å². The molecule has 0 amide bonds. The van der Waals surface area contributed by atoms with Gasteiger partial charge in [-0.1, -0.05) is 31.9 Å². The molecule has 62 valence electrons. The fourth-order valence-electron chi connectivity index (χ4n) is 0.641. The minimum atomic E-state index is -0.703. The highest BCUT2D eigenvalue weighted by molar-refractivity contribution is 9.24. The fourth-order valence-corrected chi connectivity index (χ4v) is 2.92. The molecule has 0 saturated heterocycles. The summed E-state index contributed by atoms with van der Waals surface area (Å²) in [7, 11) is 0. The van der Waals surface area contributed by atoms with E-state index in [4.69, 9.17) is 5.11 Å². The maximum atomic E-state index is 10.7. The number of ether oxygens (including phenoxy) is 1. The molecule has 1 heterocycles. The van der Waals surface area contributed by atoms with Gasteiger partial charge in [-0.3, -0.25) is 0 Å². The van der Waals surface area contributed by atoms with E-state index in [0.717, 1.165) is 0 Å². The van der Waals surface area contributed by atoms with Crippen LogP contribution in [-0.4, -0.2) is 19.8 Å². The van der Waals surface area contributed by atoms with Crippen molar-refractivity contribution in [3.05, 3.63) is 11.3 Å². The smallest absolute Gasteiger partial charge is 0.375 e. The lowest BCUT2D eigenvalue weighted by Crippen LogP contribution is -2.05. The predicted octanol–water partition coefficient (Wildman–Crippen LogP) is 2.19. The normalized spacial score (nSPS) is 24.7. The van der Waals surface area contributed by atoms with Gasteiger partial charge in [0, 0.05) is 0 Å². The van der Waals surface area contributed by atoms with E-state index in [1.165, 1.54) is 0 Å². The Morgan fingerprint density at radius 2 is 2.09 bits per heavy atom. The number of hydrogen-bond donors (Lipinski definition) is 1. The molecule has 6 heteroatoms. The van der Waals surface area contributed by atoms with Gasteiger partial charge in [-0.15, -0.1) is 0 Å². The van der Waals surface area contributed by atoms with E-state index in [-0.39, 0.29) is 9.50 Å². The first-order valence-corrected chi connectivity index (χ1v) is 5.35. The van der Waals surface area contributed by atoms with Gasteiger partial charge in [-0.05, 0) is 15.9 Å². The molecule has 1 aliphatic rings.